The van der Waals surface area contributed by atoms with Crippen LogP contribution in [0, 0.1) is 0 Å². The van der Waals surface area contributed by atoms with Crippen LogP contribution in [0.1, 0.15) is 19.8 Å². The third kappa shape index (κ3) is 1.79. The van der Waals surface area contributed by atoms with Crippen LogP contribution >= 0.6 is 0 Å². The number of hydrogen-bond donors (Lipinski definition) is 0. The highest BCUT2D eigenvalue weighted by molar-refractivity contribution is 5.90. The maximum atomic E-state index is 10.9. The fourth-order valence-corrected chi connectivity index (χ4v) is 1.12. The first-order chi connectivity index (χ1) is 5.29. The number of carbonyl (C=O) groups is 1. The average molecular weight is 158 g/mol. The van der Waals surface area contributed by atoms with E-state index >= 15 is 0 Å². The first-order valence-electron chi connectivity index (χ1n) is 3.96. The van der Waals surface area contributed by atoms with Crippen LogP contribution in [0.2, 0.25) is 0 Å². The number of hydrogen-bond acceptors (Lipinski definition) is 3. The van der Waals surface area contributed by atoms with Crippen LogP contribution in [0.25, 0.3) is 0 Å². The summed E-state index contributed by atoms with van der Waals surface area (Å²) in [7, 11) is 1.61. The quantitative estimate of drug-likeness (QED) is 0.606. The van der Waals surface area contributed by atoms with Gasteiger partial charge in [0, 0.05) is 20.1 Å². The maximum absolute atomic E-state index is 10.9. The molecule has 3 heteroatoms. The van der Waals surface area contributed by atoms with Gasteiger partial charge in [0.1, 0.15) is 6.10 Å². The Kier molecular flexibility index (Phi) is 3.02. The second-order valence-corrected chi connectivity index (χ2v) is 2.74. The molecule has 0 N–H and O–H groups in total. The molecule has 1 fully saturated rings. The molecule has 1 saturated carbocycles. The largest absolute Gasteiger partial charge is 0.378 e. The molecule has 1 aliphatic carbocycles. The molecule has 0 heterocycles. The van der Waals surface area contributed by atoms with Crippen LogP contribution in [0.4, 0.5) is 0 Å². The number of Topliss-reactive ketones (excluding diaryl/α,β-unsaturated/α-hetero) is 1. The van der Waals surface area contributed by atoms with Crippen molar-refractivity contribution in [1.29, 1.82) is 0 Å². The monoisotopic (exact) mass is 158 g/mol. The highest BCUT2D eigenvalue weighted by Crippen LogP contribution is 2.22. The lowest BCUT2D eigenvalue weighted by Crippen LogP contribution is -2.50. The minimum Gasteiger partial charge on any atom is -0.378 e. The molecule has 1 aliphatic rings. The van der Waals surface area contributed by atoms with E-state index < -0.39 is 0 Å². The Morgan fingerprint density at radius 3 is 2.82 bits per heavy atom. The van der Waals surface area contributed by atoms with E-state index in [1.165, 1.54) is 0 Å². The van der Waals surface area contributed by atoms with Gasteiger partial charge in [0.05, 0.1) is 6.10 Å². The van der Waals surface area contributed by atoms with E-state index in [0.717, 1.165) is 6.42 Å². The standard InChI is InChI=1S/C8H14O3/c1-3-4-11-8-6(9)5-7(8)10-2/h7-8H,3-5H2,1-2H3. The molecule has 1 rings (SSSR count). The molecule has 0 aliphatic heterocycles. The van der Waals surface area contributed by atoms with E-state index in [2.05, 4.69) is 0 Å². The zero-order chi connectivity index (χ0) is 8.27. The zero-order valence-corrected chi connectivity index (χ0v) is 7.00. The molecule has 0 bridgehead atoms. The summed E-state index contributed by atoms with van der Waals surface area (Å²) < 4.78 is 10.3. The fourth-order valence-electron chi connectivity index (χ4n) is 1.12. The summed E-state index contributed by atoms with van der Waals surface area (Å²) in [6.07, 6.45) is 1.19. The van der Waals surface area contributed by atoms with Crippen molar-refractivity contribution in [3.05, 3.63) is 0 Å². The van der Waals surface area contributed by atoms with E-state index in [0.29, 0.717) is 13.0 Å². The Bertz CT molecular complexity index is 144. The lowest BCUT2D eigenvalue weighted by Gasteiger charge is -2.33. The molecule has 11 heavy (non-hydrogen) atoms. The number of carbonyl (C=O) groups excluding carboxylic acids is 1. The molecule has 2 atom stereocenters. The Balaban J connectivity index is 2.24. The molecular formula is C8H14O3. The molecule has 0 aromatic heterocycles. The highest BCUT2D eigenvalue weighted by atomic mass is 16.5. The van der Waals surface area contributed by atoms with Crippen molar-refractivity contribution in [3.8, 4) is 0 Å². The van der Waals surface area contributed by atoms with Crippen LogP contribution < -0.4 is 0 Å². The molecule has 3 nitrogen and oxygen atoms in total. The van der Waals surface area contributed by atoms with Crippen LogP contribution in [-0.4, -0.2) is 31.7 Å². The molecule has 0 spiro atoms. The number of ether oxygens (including phenoxy) is 2. The summed E-state index contributed by atoms with van der Waals surface area (Å²) in [4.78, 5) is 10.9. The summed E-state index contributed by atoms with van der Waals surface area (Å²) in [6.45, 7) is 2.67. The smallest absolute Gasteiger partial charge is 0.166 e. The third-order valence-electron chi connectivity index (χ3n) is 1.86. The Morgan fingerprint density at radius 2 is 2.36 bits per heavy atom. The van der Waals surface area contributed by atoms with Crippen molar-refractivity contribution in [1.82, 2.24) is 0 Å². The van der Waals surface area contributed by atoms with Gasteiger partial charge in [-0.05, 0) is 6.42 Å². The molecule has 0 saturated heterocycles. The van der Waals surface area contributed by atoms with Gasteiger partial charge in [0.15, 0.2) is 5.78 Å². The number of rotatable bonds is 4. The van der Waals surface area contributed by atoms with Crippen molar-refractivity contribution in [2.75, 3.05) is 13.7 Å². The Labute approximate surface area is 66.7 Å². The Morgan fingerprint density at radius 1 is 1.64 bits per heavy atom. The van der Waals surface area contributed by atoms with Crippen LogP contribution in [0.15, 0.2) is 0 Å². The van der Waals surface area contributed by atoms with Gasteiger partial charge in [-0.3, -0.25) is 4.79 Å². The second kappa shape index (κ2) is 3.83. The minimum absolute atomic E-state index is 0.00838. The summed E-state index contributed by atoms with van der Waals surface area (Å²) in [5.74, 6) is 0.172. The van der Waals surface area contributed by atoms with Gasteiger partial charge in [0.2, 0.25) is 0 Å². The molecule has 0 radical (unpaired) electrons. The topological polar surface area (TPSA) is 35.5 Å². The molecule has 2 unspecified atom stereocenters. The van der Waals surface area contributed by atoms with Crippen LogP contribution in [-0.2, 0) is 14.3 Å². The first-order valence-corrected chi connectivity index (χ1v) is 3.96. The van der Waals surface area contributed by atoms with Crippen molar-refractivity contribution in [3.63, 3.8) is 0 Å². The normalized spacial score (nSPS) is 30.2. The van der Waals surface area contributed by atoms with Crippen LogP contribution in [0.3, 0.4) is 0 Å². The third-order valence-corrected chi connectivity index (χ3v) is 1.86. The molecule has 0 amide bonds. The van der Waals surface area contributed by atoms with Crippen molar-refractivity contribution < 1.29 is 14.3 Å². The SMILES string of the molecule is CCCOC1C(=O)CC1OC. The van der Waals surface area contributed by atoms with Gasteiger partial charge >= 0.3 is 0 Å². The lowest BCUT2D eigenvalue weighted by molar-refractivity contribution is -0.161. The highest BCUT2D eigenvalue weighted by Gasteiger charge is 2.40. The Hall–Kier alpha value is -0.410. The van der Waals surface area contributed by atoms with Gasteiger partial charge in [-0.2, -0.15) is 0 Å². The lowest BCUT2D eigenvalue weighted by atomic mass is 9.90. The van der Waals surface area contributed by atoms with E-state index in [9.17, 15) is 4.79 Å². The second-order valence-electron chi connectivity index (χ2n) is 2.74. The van der Waals surface area contributed by atoms with Gasteiger partial charge in [-0.1, -0.05) is 6.92 Å². The first kappa shape index (κ1) is 8.68. The van der Waals surface area contributed by atoms with Crippen LogP contribution in [0.5, 0.6) is 0 Å². The predicted octanol–water partition coefficient (Wildman–Crippen LogP) is 0.769. The van der Waals surface area contributed by atoms with E-state index in [4.69, 9.17) is 9.47 Å². The molecule has 64 valence electrons. The fraction of sp³-hybridized carbons (Fsp3) is 0.875. The van der Waals surface area contributed by atoms with Crippen molar-refractivity contribution >= 4 is 5.78 Å². The molecular weight excluding hydrogens is 144 g/mol. The van der Waals surface area contributed by atoms with Crippen molar-refractivity contribution in [2.45, 2.75) is 32.0 Å². The molecule has 0 aromatic carbocycles. The minimum atomic E-state index is -0.278. The average Bonchev–Trinajstić information content (AvgIpc) is 2.00. The summed E-state index contributed by atoms with van der Waals surface area (Å²) in [6, 6.07) is 0. The summed E-state index contributed by atoms with van der Waals surface area (Å²) >= 11 is 0. The van der Waals surface area contributed by atoms with Crippen molar-refractivity contribution in [2.24, 2.45) is 0 Å². The van der Waals surface area contributed by atoms with E-state index in [1.807, 2.05) is 6.92 Å². The van der Waals surface area contributed by atoms with E-state index in [1.54, 1.807) is 7.11 Å². The number of methoxy groups -OCH3 is 1. The van der Waals surface area contributed by atoms with Gasteiger partial charge in [0.25, 0.3) is 0 Å². The van der Waals surface area contributed by atoms with Gasteiger partial charge < -0.3 is 9.47 Å². The number of ketones is 1. The summed E-state index contributed by atoms with van der Waals surface area (Å²) in [5, 5.41) is 0. The van der Waals surface area contributed by atoms with Gasteiger partial charge in [-0.15, -0.1) is 0 Å². The van der Waals surface area contributed by atoms with E-state index in [-0.39, 0.29) is 18.0 Å². The maximum Gasteiger partial charge on any atom is 0.166 e. The summed E-state index contributed by atoms with van der Waals surface area (Å²) in [5.41, 5.74) is 0. The molecule has 0 aromatic rings. The predicted molar refractivity (Wildman–Crippen MR) is 40.5 cm³/mol. The zero-order valence-electron chi connectivity index (χ0n) is 7.00. The van der Waals surface area contributed by atoms with Gasteiger partial charge in [-0.25, -0.2) is 0 Å².